The molecule has 0 spiro atoms. The zero-order chi connectivity index (χ0) is 20.1. The highest BCUT2D eigenvalue weighted by Crippen LogP contribution is 2.57. The molecule has 2 bridgehead atoms. The Labute approximate surface area is 168 Å². The van der Waals surface area contributed by atoms with E-state index < -0.39 is 5.97 Å². The molecule has 1 aliphatic heterocycles. The second kappa shape index (κ2) is 6.72. The molecular formula is C23H21NO5. The first-order valence-corrected chi connectivity index (χ1v) is 9.86. The molecule has 1 saturated heterocycles. The molecule has 1 N–H and O–H groups in total. The zero-order valence-corrected chi connectivity index (χ0v) is 16.0. The van der Waals surface area contributed by atoms with Gasteiger partial charge >= 0.3 is 11.9 Å². The summed E-state index contributed by atoms with van der Waals surface area (Å²) in [5, 5.41) is 2.96. The van der Waals surface area contributed by atoms with E-state index in [0.717, 1.165) is 24.0 Å². The molecule has 5 rings (SSSR count). The molecule has 2 aromatic carbocycles. The second-order valence-electron chi connectivity index (χ2n) is 8.03. The van der Waals surface area contributed by atoms with E-state index in [0.29, 0.717) is 11.3 Å². The van der Waals surface area contributed by atoms with Crippen LogP contribution >= 0.6 is 0 Å². The molecule has 6 nitrogen and oxygen atoms in total. The molecule has 2 aromatic rings. The highest BCUT2D eigenvalue weighted by molar-refractivity contribution is 5.98. The van der Waals surface area contributed by atoms with Crippen LogP contribution in [0.2, 0.25) is 0 Å². The minimum Gasteiger partial charge on any atom is -0.465 e. The van der Waals surface area contributed by atoms with Gasteiger partial charge in [-0.15, -0.1) is 0 Å². The molecule has 1 heterocycles. The maximum absolute atomic E-state index is 12.9. The van der Waals surface area contributed by atoms with Crippen molar-refractivity contribution in [1.29, 1.82) is 0 Å². The van der Waals surface area contributed by atoms with E-state index in [9.17, 15) is 14.4 Å². The first-order valence-electron chi connectivity index (χ1n) is 9.86. The van der Waals surface area contributed by atoms with Gasteiger partial charge in [0.05, 0.1) is 24.5 Å². The summed E-state index contributed by atoms with van der Waals surface area (Å²) >= 11 is 0. The molecule has 3 fully saturated rings. The van der Waals surface area contributed by atoms with Gasteiger partial charge < -0.3 is 14.8 Å². The van der Waals surface area contributed by atoms with Crippen LogP contribution in [0.25, 0.3) is 11.1 Å². The van der Waals surface area contributed by atoms with Gasteiger partial charge in [-0.25, -0.2) is 4.79 Å². The number of benzene rings is 2. The number of hydrogen-bond donors (Lipinski definition) is 1. The number of esters is 2. The minimum absolute atomic E-state index is 0.0238. The van der Waals surface area contributed by atoms with Crippen molar-refractivity contribution in [2.45, 2.75) is 18.9 Å². The number of methoxy groups -OCH3 is 1. The van der Waals surface area contributed by atoms with Gasteiger partial charge in [0.2, 0.25) is 5.91 Å². The van der Waals surface area contributed by atoms with Crippen LogP contribution in [0.1, 0.15) is 23.2 Å². The van der Waals surface area contributed by atoms with Crippen molar-refractivity contribution >= 4 is 23.5 Å². The Morgan fingerprint density at radius 3 is 2.59 bits per heavy atom. The normalized spacial score (nSPS) is 28.9. The standard InChI is InChI=1S/C23H21NO5/c1-28-22(26)16-5-3-2-4-15(16)12-6-8-14(9-7-12)24-21(25)19-13-10-17-18(11-13)29-23(27)20(17)19/h2-9,13,17-20H,10-11H2,1H3,(H,24,25)/t13-,17+,18-,19-,20+/m0/s1. The second-order valence-corrected chi connectivity index (χ2v) is 8.03. The van der Waals surface area contributed by atoms with Crippen LogP contribution in [-0.4, -0.2) is 31.1 Å². The molecule has 3 aliphatic rings. The predicted molar refractivity (Wildman–Crippen MR) is 105 cm³/mol. The number of hydrogen-bond acceptors (Lipinski definition) is 5. The highest BCUT2D eigenvalue weighted by atomic mass is 16.6. The molecule has 0 unspecified atom stereocenters. The highest BCUT2D eigenvalue weighted by Gasteiger charge is 2.63. The average molecular weight is 391 g/mol. The van der Waals surface area contributed by atoms with Gasteiger partial charge in [0.25, 0.3) is 0 Å². The van der Waals surface area contributed by atoms with Crippen LogP contribution in [0.5, 0.6) is 0 Å². The predicted octanol–water partition coefficient (Wildman–Crippen LogP) is 3.28. The van der Waals surface area contributed by atoms with Crippen molar-refractivity contribution < 1.29 is 23.9 Å². The number of fused-ring (bicyclic) bond motifs is 1. The van der Waals surface area contributed by atoms with Crippen molar-refractivity contribution in [2.75, 3.05) is 12.4 Å². The van der Waals surface area contributed by atoms with E-state index in [4.69, 9.17) is 9.47 Å². The third-order valence-corrected chi connectivity index (χ3v) is 6.58. The molecule has 5 atom stereocenters. The fourth-order valence-electron chi connectivity index (χ4n) is 5.34. The van der Waals surface area contributed by atoms with E-state index in [-0.39, 0.29) is 41.7 Å². The summed E-state index contributed by atoms with van der Waals surface area (Å²) in [5.41, 5.74) is 2.78. The Morgan fingerprint density at radius 2 is 1.83 bits per heavy atom. The number of rotatable bonds is 4. The minimum atomic E-state index is -0.393. The Morgan fingerprint density at radius 1 is 1.07 bits per heavy atom. The van der Waals surface area contributed by atoms with Gasteiger partial charge in [0.1, 0.15) is 6.10 Å². The molecule has 2 aliphatic carbocycles. The van der Waals surface area contributed by atoms with Crippen LogP contribution in [0.3, 0.4) is 0 Å². The van der Waals surface area contributed by atoms with Gasteiger partial charge in [-0.2, -0.15) is 0 Å². The molecule has 0 radical (unpaired) electrons. The molecule has 148 valence electrons. The smallest absolute Gasteiger partial charge is 0.338 e. The summed E-state index contributed by atoms with van der Waals surface area (Å²) in [6.45, 7) is 0. The van der Waals surface area contributed by atoms with E-state index in [2.05, 4.69) is 5.32 Å². The first-order chi connectivity index (χ1) is 14.1. The van der Waals surface area contributed by atoms with Crippen molar-refractivity contribution in [3.63, 3.8) is 0 Å². The maximum atomic E-state index is 12.9. The average Bonchev–Trinajstić information content (AvgIpc) is 3.36. The van der Waals surface area contributed by atoms with Crippen LogP contribution < -0.4 is 5.32 Å². The Balaban J connectivity index is 1.34. The monoisotopic (exact) mass is 391 g/mol. The number of amides is 1. The van der Waals surface area contributed by atoms with E-state index in [1.165, 1.54) is 7.11 Å². The molecule has 2 saturated carbocycles. The van der Waals surface area contributed by atoms with Gasteiger partial charge in [-0.3, -0.25) is 9.59 Å². The number of carbonyl (C=O) groups excluding carboxylic acids is 3. The number of carbonyl (C=O) groups is 3. The summed E-state index contributed by atoms with van der Waals surface area (Å²) in [4.78, 5) is 37.0. The summed E-state index contributed by atoms with van der Waals surface area (Å²) in [6.07, 6.45) is 1.73. The van der Waals surface area contributed by atoms with E-state index in [1.54, 1.807) is 12.1 Å². The molecular weight excluding hydrogens is 370 g/mol. The number of nitrogens with one attached hydrogen (secondary N) is 1. The van der Waals surface area contributed by atoms with Crippen LogP contribution in [0.15, 0.2) is 48.5 Å². The lowest BCUT2D eigenvalue weighted by Gasteiger charge is -2.23. The Bertz CT molecular complexity index is 997. The molecule has 29 heavy (non-hydrogen) atoms. The summed E-state index contributed by atoms with van der Waals surface area (Å²) < 4.78 is 10.3. The lowest BCUT2D eigenvalue weighted by Crippen LogP contribution is -2.35. The summed E-state index contributed by atoms with van der Waals surface area (Å²) in [7, 11) is 1.36. The maximum Gasteiger partial charge on any atom is 0.338 e. The van der Waals surface area contributed by atoms with E-state index in [1.807, 2.05) is 36.4 Å². The summed E-state index contributed by atoms with van der Waals surface area (Å²) in [6, 6.07) is 14.6. The van der Waals surface area contributed by atoms with Crippen LogP contribution in [0.4, 0.5) is 5.69 Å². The fraction of sp³-hybridized carbons (Fsp3) is 0.348. The number of ether oxygens (including phenoxy) is 2. The van der Waals surface area contributed by atoms with Crippen molar-refractivity contribution in [1.82, 2.24) is 0 Å². The third-order valence-electron chi connectivity index (χ3n) is 6.58. The van der Waals surface area contributed by atoms with Gasteiger partial charge in [0, 0.05) is 11.6 Å². The number of anilines is 1. The molecule has 6 heteroatoms. The van der Waals surface area contributed by atoms with Crippen molar-refractivity contribution in [3.8, 4) is 11.1 Å². The lowest BCUT2D eigenvalue weighted by atomic mass is 9.79. The van der Waals surface area contributed by atoms with Gasteiger partial charge in [0.15, 0.2) is 0 Å². The van der Waals surface area contributed by atoms with Gasteiger partial charge in [-0.05, 0) is 48.1 Å². The summed E-state index contributed by atoms with van der Waals surface area (Å²) in [5.74, 6) is -0.863. The quantitative estimate of drug-likeness (QED) is 0.809. The fourth-order valence-corrected chi connectivity index (χ4v) is 5.34. The molecule has 0 aromatic heterocycles. The SMILES string of the molecule is COC(=O)c1ccccc1-c1ccc(NC(=O)[C@H]2[C@H]3C[C@H]4[C@H]2C(=O)O[C@H]4C3)cc1. The first kappa shape index (κ1) is 17.9. The third kappa shape index (κ3) is 2.82. The lowest BCUT2D eigenvalue weighted by molar-refractivity contribution is -0.145. The zero-order valence-electron chi connectivity index (χ0n) is 16.0. The van der Waals surface area contributed by atoms with Crippen LogP contribution in [0, 0.1) is 23.7 Å². The topological polar surface area (TPSA) is 81.7 Å². The van der Waals surface area contributed by atoms with Crippen molar-refractivity contribution in [3.05, 3.63) is 54.1 Å². The Kier molecular flexibility index (Phi) is 4.15. The van der Waals surface area contributed by atoms with Crippen LogP contribution in [-0.2, 0) is 19.1 Å². The largest absolute Gasteiger partial charge is 0.465 e. The Hall–Kier alpha value is -3.15. The molecule has 1 amide bonds. The van der Waals surface area contributed by atoms with E-state index >= 15 is 0 Å². The van der Waals surface area contributed by atoms with Crippen molar-refractivity contribution in [2.24, 2.45) is 23.7 Å². The van der Waals surface area contributed by atoms with Gasteiger partial charge in [-0.1, -0.05) is 30.3 Å².